The number of benzene rings is 1. The van der Waals surface area contributed by atoms with Gasteiger partial charge in [0.1, 0.15) is 11.6 Å². The van der Waals surface area contributed by atoms with E-state index < -0.39 is 50.6 Å². The molecule has 3 aromatic rings. The molecule has 49 heavy (non-hydrogen) atoms. The summed E-state index contributed by atoms with van der Waals surface area (Å²) >= 11 is 1.47. The summed E-state index contributed by atoms with van der Waals surface area (Å²) in [6.07, 6.45) is 7.56. The third-order valence-corrected chi connectivity index (χ3v) is 12.8. The zero-order valence-electron chi connectivity index (χ0n) is 27.9. The van der Waals surface area contributed by atoms with Crippen molar-refractivity contribution in [1.82, 2.24) is 29.9 Å². The van der Waals surface area contributed by atoms with Gasteiger partial charge in [-0.05, 0) is 69.4 Å². The number of amides is 3. The van der Waals surface area contributed by atoms with Crippen molar-refractivity contribution in [2.24, 2.45) is 17.8 Å². The molecule has 3 amide bonds. The summed E-state index contributed by atoms with van der Waals surface area (Å²) in [7, 11) is -2.06. The maximum Gasteiger partial charge on any atom is 0.259 e. The number of allylic oxidation sites excluding steroid dienone is 1. The van der Waals surface area contributed by atoms with Crippen molar-refractivity contribution in [1.29, 1.82) is 0 Å². The predicted octanol–water partition coefficient (Wildman–Crippen LogP) is 4.33. The summed E-state index contributed by atoms with van der Waals surface area (Å²) in [5.41, 5.74) is 0.254. The molecule has 260 valence electrons. The normalized spacial score (nSPS) is 27.7. The molecule has 14 heteroatoms. The SMILES string of the molecule is CC(C)c1csc(-c2nc(O[C@@H]3C[C@H]4C(=O)N[C@]5(C(=O)NS(=O)(=O)C6CC6)C[C@H]5C=CCCCCN(C)C(=O)[C@@H]4C3)c3ccccc3n2)n1. The highest BCUT2D eigenvalue weighted by molar-refractivity contribution is 7.91. The zero-order chi connectivity index (χ0) is 34.5. The number of carbonyl (C=O) groups is 3. The van der Waals surface area contributed by atoms with Crippen LogP contribution in [0.5, 0.6) is 5.88 Å². The molecule has 7 rings (SSSR count). The van der Waals surface area contributed by atoms with E-state index in [-0.39, 0.29) is 37.0 Å². The van der Waals surface area contributed by atoms with Gasteiger partial charge in [0.05, 0.1) is 33.7 Å². The van der Waals surface area contributed by atoms with Crippen LogP contribution in [0.2, 0.25) is 0 Å². The van der Waals surface area contributed by atoms with E-state index in [0.717, 1.165) is 25.0 Å². The second-order valence-electron chi connectivity index (χ2n) is 14.2. The van der Waals surface area contributed by atoms with Crippen LogP contribution in [0.1, 0.15) is 76.8 Å². The Morgan fingerprint density at radius 2 is 1.88 bits per heavy atom. The van der Waals surface area contributed by atoms with E-state index >= 15 is 0 Å². The first-order valence-electron chi connectivity index (χ1n) is 17.1. The molecule has 12 nitrogen and oxygen atoms in total. The van der Waals surface area contributed by atoms with Crippen molar-refractivity contribution in [3.8, 4) is 16.7 Å². The maximum atomic E-state index is 14.2. The number of hydrogen-bond donors (Lipinski definition) is 2. The van der Waals surface area contributed by atoms with E-state index in [2.05, 4.69) is 23.9 Å². The molecule has 0 spiro atoms. The van der Waals surface area contributed by atoms with E-state index in [9.17, 15) is 22.8 Å². The number of nitrogens with zero attached hydrogens (tertiary/aromatic N) is 4. The summed E-state index contributed by atoms with van der Waals surface area (Å²) in [5, 5.41) is 5.75. The van der Waals surface area contributed by atoms with Crippen LogP contribution < -0.4 is 14.8 Å². The van der Waals surface area contributed by atoms with Crippen LogP contribution >= 0.6 is 11.3 Å². The Bertz CT molecular complexity index is 1920. The first kappa shape index (κ1) is 33.6. The summed E-state index contributed by atoms with van der Waals surface area (Å²) in [4.78, 5) is 57.6. The van der Waals surface area contributed by atoms with Crippen molar-refractivity contribution < 1.29 is 27.5 Å². The quantitative estimate of drug-likeness (QED) is 0.341. The first-order chi connectivity index (χ1) is 23.4. The molecule has 3 fully saturated rings. The van der Waals surface area contributed by atoms with E-state index in [1.807, 2.05) is 41.8 Å². The maximum absolute atomic E-state index is 14.2. The van der Waals surface area contributed by atoms with Crippen LogP contribution in [0.4, 0.5) is 0 Å². The number of fused-ring (bicyclic) bond motifs is 3. The topological polar surface area (TPSA) is 161 Å². The molecular formula is C35H42N6O6S2. The van der Waals surface area contributed by atoms with Crippen LogP contribution in [-0.2, 0) is 24.4 Å². The van der Waals surface area contributed by atoms with Crippen molar-refractivity contribution >= 4 is 50.0 Å². The fourth-order valence-corrected chi connectivity index (χ4v) is 9.21. The molecule has 2 N–H and O–H groups in total. The van der Waals surface area contributed by atoms with Gasteiger partial charge < -0.3 is 15.0 Å². The van der Waals surface area contributed by atoms with Gasteiger partial charge in [-0.25, -0.2) is 18.4 Å². The Hall–Kier alpha value is -3.91. The number of thiazole rings is 1. The van der Waals surface area contributed by atoms with Gasteiger partial charge >= 0.3 is 0 Å². The average molecular weight is 707 g/mol. The molecule has 2 aromatic heterocycles. The molecular weight excluding hydrogens is 665 g/mol. The minimum absolute atomic E-state index is 0.154. The first-order valence-corrected chi connectivity index (χ1v) is 19.6. The third kappa shape index (κ3) is 6.81. The van der Waals surface area contributed by atoms with E-state index in [0.29, 0.717) is 47.0 Å². The number of hydrogen-bond acceptors (Lipinski definition) is 10. The van der Waals surface area contributed by atoms with Crippen LogP contribution in [-0.4, -0.2) is 76.5 Å². The fourth-order valence-electron chi connectivity index (χ4n) is 6.94. The standard InChI is InChI=1S/C35H42N6O6S2/c1-20(2)28-19-48-32(37-28)29-36-27-12-8-7-11-24(27)31(38-29)47-22-16-25-26(17-22)33(43)41(3)15-9-5-4-6-10-21-18-35(21,39-30(25)42)34(44)40-49(45,46)23-13-14-23/h6-8,10-12,19-23,25-26H,4-5,9,13-18H2,1-3H3,(H,39,42)(H,40,44)/t21-,22-,25-,26-,35-/m1/s1. The van der Waals surface area contributed by atoms with Crippen LogP contribution in [0.3, 0.4) is 0 Å². The van der Waals surface area contributed by atoms with Gasteiger partial charge in [0.2, 0.25) is 27.7 Å². The molecule has 0 unspecified atom stereocenters. The van der Waals surface area contributed by atoms with E-state index in [4.69, 9.17) is 19.7 Å². The zero-order valence-corrected chi connectivity index (χ0v) is 29.6. The summed E-state index contributed by atoms with van der Waals surface area (Å²) in [5.74, 6) is -2.11. The lowest BCUT2D eigenvalue weighted by molar-refractivity contribution is -0.140. The highest BCUT2D eigenvalue weighted by atomic mass is 32.2. The summed E-state index contributed by atoms with van der Waals surface area (Å²) in [6, 6.07) is 7.54. The minimum Gasteiger partial charge on any atom is -0.474 e. The van der Waals surface area contributed by atoms with Crippen LogP contribution in [0.25, 0.3) is 21.7 Å². The van der Waals surface area contributed by atoms with Crippen LogP contribution in [0.15, 0.2) is 41.8 Å². The van der Waals surface area contributed by atoms with Crippen molar-refractivity contribution in [2.75, 3.05) is 13.6 Å². The smallest absolute Gasteiger partial charge is 0.259 e. The van der Waals surface area contributed by atoms with Gasteiger partial charge in [-0.2, -0.15) is 4.98 Å². The Labute approximate surface area is 290 Å². The van der Waals surface area contributed by atoms with Gasteiger partial charge in [0.25, 0.3) is 5.91 Å². The minimum atomic E-state index is -3.82. The van der Waals surface area contributed by atoms with Crippen molar-refractivity contribution in [2.45, 2.75) is 88.0 Å². The average Bonchev–Trinajstić information content (AvgIpc) is 3.94. The summed E-state index contributed by atoms with van der Waals surface area (Å²) < 4.78 is 34.3. The van der Waals surface area contributed by atoms with Gasteiger partial charge in [-0.1, -0.05) is 38.1 Å². The van der Waals surface area contributed by atoms with E-state index in [1.54, 1.807) is 11.9 Å². The molecule has 1 aliphatic heterocycles. The van der Waals surface area contributed by atoms with Gasteiger partial charge in [-0.15, -0.1) is 11.3 Å². The van der Waals surface area contributed by atoms with Gasteiger partial charge in [-0.3, -0.25) is 19.1 Å². The number of rotatable bonds is 7. The molecule has 3 heterocycles. The van der Waals surface area contributed by atoms with Gasteiger partial charge in [0.15, 0.2) is 10.8 Å². The highest BCUT2D eigenvalue weighted by Crippen LogP contribution is 2.47. The molecule has 0 saturated heterocycles. The number of carbonyl (C=O) groups excluding carboxylic acids is 3. The number of aromatic nitrogens is 3. The Morgan fingerprint density at radius 1 is 1.10 bits per heavy atom. The molecule has 0 radical (unpaired) electrons. The molecule has 0 bridgehead atoms. The number of para-hydroxylation sites is 1. The predicted molar refractivity (Wildman–Crippen MR) is 185 cm³/mol. The van der Waals surface area contributed by atoms with Crippen molar-refractivity contribution in [3.63, 3.8) is 0 Å². The number of nitrogens with one attached hydrogen (secondary N) is 2. The second-order valence-corrected chi connectivity index (χ2v) is 17.0. The second kappa shape index (κ2) is 13.1. The Morgan fingerprint density at radius 3 is 2.63 bits per heavy atom. The molecule has 3 saturated carbocycles. The lowest BCUT2D eigenvalue weighted by Crippen LogP contribution is -2.54. The monoisotopic (exact) mass is 706 g/mol. The Balaban J connectivity index is 1.18. The van der Waals surface area contributed by atoms with Gasteiger partial charge in [0, 0.05) is 24.9 Å². The molecule has 3 aliphatic carbocycles. The largest absolute Gasteiger partial charge is 0.474 e. The fraction of sp³-hybridized carbons (Fsp3) is 0.543. The number of ether oxygens (including phenoxy) is 1. The third-order valence-electron chi connectivity index (χ3n) is 10.1. The van der Waals surface area contributed by atoms with Crippen LogP contribution in [0, 0.1) is 17.8 Å². The Kier molecular flexibility index (Phi) is 8.97. The highest BCUT2D eigenvalue weighted by Gasteiger charge is 2.62. The molecule has 1 aromatic carbocycles. The number of sulfonamides is 1. The van der Waals surface area contributed by atoms with Crippen molar-refractivity contribution in [3.05, 3.63) is 47.5 Å². The lowest BCUT2D eigenvalue weighted by Gasteiger charge is -2.26. The van der Waals surface area contributed by atoms with E-state index in [1.165, 1.54) is 11.3 Å². The lowest BCUT2D eigenvalue weighted by atomic mass is 9.93. The molecule has 4 aliphatic rings. The summed E-state index contributed by atoms with van der Waals surface area (Å²) in [6.45, 7) is 4.72. The molecule has 5 atom stereocenters.